The summed E-state index contributed by atoms with van der Waals surface area (Å²) in [6.07, 6.45) is 1.95. The van der Waals surface area contributed by atoms with E-state index in [1.807, 2.05) is 13.1 Å². The minimum Gasteiger partial charge on any atom is -0.313 e. The number of hydrogen-bond donors (Lipinski definition) is 1. The first-order valence-corrected chi connectivity index (χ1v) is 6.67. The monoisotopic (exact) mass is 257 g/mol. The summed E-state index contributed by atoms with van der Waals surface area (Å²) in [7, 11) is 1.92. The van der Waals surface area contributed by atoms with Crippen molar-refractivity contribution in [2.24, 2.45) is 0 Å². The quantitative estimate of drug-likeness (QED) is 0.852. The number of aryl methyl sites for hydroxylation is 2. The molecule has 2 aromatic carbocycles. The van der Waals surface area contributed by atoms with Gasteiger partial charge in [-0.25, -0.2) is 4.39 Å². The van der Waals surface area contributed by atoms with Gasteiger partial charge in [0.2, 0.25) is 0 Å². The molecule has 100 valence electrons. The third-order valence-corrected chi connectivity index (χ3v) is 3.40. The SMILES string of the molecule is CNC(CCc1cccc(C)c1)c1cccc(F)c1. The number of benzene rings is 2. The number of nitrogens with one attached hydrogen (secondary N) is 1. The molecule has 1 nitrogen and oxygen atoms in total. The van der Waals surface area contributed by atoms with Crippen molar-refractivity contribution in [3.8, 4) is 0 Å². The van der Waals surface area contributed by atoms with E-state index in [9.17, 15) is 4.39 Å². The molecule has 0 aliphatic carbocycles. The summed E-state index contributed by atoms with van der Waals surface area (Å²) >= 11 is 0. The Morgan fingerprint density at radius 1 is 1.11 bits per heavy atom. The van der Waals surface area contributed by atoms with Crippen molar-refractivity contribution in [3.63, 3.8) is 0 Å². The highest BCUT2D eigenvalue weighted by atomic mass is 19.1. The molecule has 0 aromatic heterocycles. The molecule has 0 spiro atoms. The molecular weight excluding hydrogens is 237 g/mol. The number of rotatable bonds is 5. The molecule has 2 rings (SSSR count). The van der Waals surface area contributed by atoms with E-state index in [1.54, 1.807) is 12.1 Å². The highest BCUT2D eigenvalue weighted by Gasteiger charge is 2.09. The third kappa shape index (κ3) is 3.90. The standard InChI is InChI=1S/C17H20FN/c1-13-5-3-6-14(11-13)9-10-17(19-2)15-7-4-8-16(18)12-15/h3-8,11-12,17,19H,9-10H2,1-2H3. The van der Waals surface area contributed by atoms with Crippen LogP contribution in [0.4, 0.5) is 4.39 Å². The maximum absolute atomic E-state index is 13.3. The lowest BCUT2D eigenvalue weighted by Crippen LogP contribution is -2.17. The molecule has 0 amide bonds. The zero-order valence-corrected chi connectivity index (χ0v) is 11.5. The summed E-state index contributed by atoms with van der Waals surface area (Å²) in [6, 6.07) is 15.6. The van der Waals surface area contributed by atoms with Crippen molar-refractivity contribution in [1.82, 2.24) is 5.32 Å². The minimum absolute atomic E-state index is 0.173. The second kappa shape index (κ2) is 6.48. The Labute approximate surface area is 114 Å². The van der Waals surface area contributed by atoms with E-state index >= 15 is 0 Å². The summed E-state index contributed by atoms with van der Waals surface area (Å²) in [5.74, 6) is -0.173. The molecule has 0 saturated heterocycles. The van der Waals surface area contributed by atoms with Gasteiger partial charge in [0, 0.05) is 6.04 Å². The highest BCUT2D eigenvalue weighted by Crippen LogP contribution is 2.20. The Kier molecular flexibility index (Phi) is 4.69. The smallest absolute Gasteiger partial charge is 0.123 e. The Morgan fingerprint density at radius 3 is 2.58 bits per heavy atom. The van der Waals surface area contributed by atoms with Crippen molar-refractivity contribution in [1.29, 1.82) is 0 Å². The molecule has 2 aromatic rings. The fourth-order valence-electron chi connectivity index (χ4n) is 2.38. The van der Waals surface area contributed by atoms with E-state index in [1.165, 1.54) is 17.2 Å². The van der Waals surface area contributed by atoms with Gasteiger partial charge >= 0.3 is 0 Å². The van der Waals surface area contributed by atoms with Gasteiger partial charge in [-0.05, 0) is 50.1 Å². The van der Waals surface area contributed by atoms with Crippen LogP contribution in [0.25, 0.3) is 0 Å². The van der Waals surface area contributed by atoms with E-state index in [4.69, 9.17) is 0 Å². The van der Waals surface area contributed by atoms with Crippen molar-refractivity contribution in [2.45, 2.75) is 25.8 Å². The summed E-state index contributed by atoms with van der Waals surface area (Å²) in [4.78, 5) is 0. The largest absolute Gasteiger partial charge is 0.313 e. The second-order valence-corrected chi connectivity index (χ2v) is 4.92. The fourth-order valence-corrected chi connectivity index (χ4v) is 2.38. The molecule has 0 bridgehead atoms. The van der Waals surface area contributed by atoms with Gasteiger partial charge in [0.15, 0.2) is 0 Å². The fraction of sp³-hybridized carbons (Fsp3) is 0.294. The average Bonchev–Trinajstić information content (AvgIpc) is 2.40. The first-order valence-electron chi connectivity index (χ1n) is 6.67. The minimum atomic E-state index is -0.173. The van der Waals surface area contributed by atoms with Gasteiger partial charge in [-0.15, -0.1) is 0 Å². The lowest BCUT2D eigenvalue weighted by atomic mass is 9.98. The van der Waals surface area contributed by atoms with Crippen LogP contribution in [0.1, 0.15) is 29.2 Å². The molecule has 0 fully saturated rings. The van der Waals surface area contributed by atoms with Gasteiger partial charge in [-0.2, -0.15) is 0 Å². The third-order valence-electron chi connectivity index (χ3n) is 3.40. The molecule has 0 radical (unpaired) electrons. The molecule has 19 heavy (non-hydrogen) atoms. The lowest BCUT2D eigenvalue weighted by Gasteiger charge is -2.17. The Bertz CT molecular complexity index is 536. The van der Waals surface area contributed by atoms with Crippen molar-refractivity contribution in [3.05, 3.63) is 71.0 Å². The number of hydrogen-bond acceptors (Lipinski definition) is 1. The van der Waals surface area contributed by atoms with Crippen molar-refractivity contribution >= 4 is 0 Å². The van der Waals surface area contributed by atoms with Crippen LogP contribution in [0.5, 0.6) is 0 Å². The van der Waals surface area contributed by atoms with Gasteiger partial charge < -0.3 is 5.32 Å². The van der Waals surface area contributed by atoms with Gasteiger partial charge in [0.05, 0.1) is 0 Å². The molecule has 1 unspecified atom stereocenters. The van der Waals surface area contributed by atoms with Crippen LogP contribution in [0.15, 0.2) is 48.5 Å². The topological polar surface area (TPSA) is 12.0 Å². The molecule has 2 heteroatoms. The first-order chi connectivity index (χ1) is 9.19. The van der Waals surface area contributed by atoms with Crippen LogP contribution in [0.3, 0.4) is 0 Å². The molecule has 0 heterocycles. The van der Waals surface area contributed by atoms with Gasteiger partial charge in [0.1, 0.15) is 5.82 Å². The van der Waals surface area contributed by atoms with E-state index in [0.29, 0.717) is 0 Å². The predicted octanol–water partition coefficient (Wildman–Crippen LogP) is 4.03. The summed E-state index contributed by atoms with van der Waals surface area (Å²) in [5.41, 5.74) is 3.62. The molecule has 0 saturated carbocycles. The molecule has 1 N–H and O–H groups in total. The Morgan fingerprint density at radius 2 is 1.89 bits per heavy atom. The van der Waals surface area contributed by atoms with E-state index < -0.39 is 0 Å². The second-order valence-electron chi connectivity index (χ2n) is 4.92. The Balaban J connectivity index is 2.04. The van der Waals surface area contributed by atoms with Gasteiger partial charge in [-0.3, -0.25) is 0 Å². The van der Waals surface area contributed by atoms with Crippen molar-refractivity contribution < 1.29 is 4.39 Å². The first kappa shape index (κ1) is 13.8. The Hall–Kier alpha value is -1.67. The normalized spacial score (nSPS) is 12.4. The zero-order chi connectivity index (χ0) is 13.7. The lowest BCUT2D eigenvalue weighted by molar-refractivity contribution is 0.542. The van der Waals surface area contributed by atoms with E-state index in [-0.39, 0.29) is 11.9 Å². The maximum Gasteiger partial charge on any atom is 0.123 e. The van der Waals surface area contributed by atoms with E-state index in [0.717, 1.165) is 18.4 Å². The molecular formula is C17H20FN. The molecule has 0 aliphatic rings. The predicted molar refractivity (Wildman–Crippen MR) is 77.7 cm³/mol. The van der Waals surface area contributed by atoms with Crippen LogP contribution in [-0.2, 0) is 6.42 Å². The maximum atomic E-state index is 13.3. The zero-order valence-electron chi connectivity index (χ0n) is 11.5. The van der Waals surface area contributed by atoms with Gasteiger partial charge in [-0.1, -0.05) is 42.0 Å². The van der Waals surface area contributed by atoms with Crippen molar-refractivity contribution in [2.75, 3.05) is 7.05 Å². The van der Waals surface area contributed by atoms with Crippen LogP contribution in [0.2, 0.25) is 0 Å². The summed E-state index contributed by atoms with van der Waals surface area (Å²) < 4.78 is 13.3. The summed E-state index contributed by atoms with van der Waals surface area (Å²) in [5, 5.41) is 3.26. The van der Waals surface area contributed by atoms with Crippen LogP contribution >= 0.6 is 0 Å². The summed E-state index contributed by atoms with van der Waals surface area (Å²) in [6.45, 7) is 2.10. The van der Waals surface area contributed by atoms with Gasteiger partial charge in [0.25, 0.3) is 0 Å². The highest BCUT2D eigenvalue weighted by molar-refractivity contribution is 5.24. The average molecular weight is 257 g/mol. The van der Waals surface area contributed by atoms with Crippen LogP contribution < -0.4 is 5.32 Å². The number of halogens is 1. The van der Waals surface area contributed by atoms with E-state index in [2.05, 4.69) is 36.5 Å². The molecule has 1 atom stereocenters. The molecule has 0 aliphatic heterocycles. The van der Waals surface area contributed by atoms with Crippen LogP contribution in [0, 0.1) is 12.7 Å². The van der Waals surface area contributed by atoms with Crippen LogP contribution in [-0.4, -0.2) is 7.05 Å².